The molecule has 0 aromatic heterocycles. The first-order valence-electron chi connectivity index (χ1n) is 5.47. The first kappa shape index (κ1) is 17.1. The molecule has 0 unspecified atom stereocenters. The molecule has 2 N–H and O–H groups in total. The Balaban J connectivity index is 0.00000256. The molecule has 5 heteroatoms. The van der Waals surface area contributed by atoms with Gasteiger partial charge in [0.2, 0.25) is 0 Å². The van der Waals surface area contributed by atoms with Crippen LogP contribution in [0.15, 0.2) is 28.7 Å². The summed E-state index contributed by atoms with van der Waals surface area (Å²) < 4.78 is 6.66. The maximum absolute atomic E-state index is 5.76. The number of benzene rings is 1. The highest BCUT2D eigenvalue weighted by atomic mass is 79.9. The van der Waals surface area contributed by atoms with E-state index in [9.17, 15) is 0 Å². The molecule has 1 aromatic carbocycles. The van der Waals surface area contributed by atoms with Crippen molar-refractivity contribution in [3.63, 3.8) is 0 Å². The van der Waals surface area contributed by atoms with Crippen molar-refractivity contribution in [2.24, 2.45) is 5.73 Å². The molecule has 1 aromatic rings. The lowest BCUT2D eigenvalue weighted by atomic mass is 10.1. The van der Waals surface area contributed by atoms with E-state index in [2.05, 4.69) is 28.6 Å². The van der Waals surface area contributed by atoms with E-state index < -0.39 is 0 Å². The average molecular weight is 341 g/mol. The Morgan fingerprint density at radius 3 is 2.47 bits per heavy atom. The van der Waals surface area contributed by atoms with Gasteiger partial charge in [-0.3, -0.25) is 0 Å². The smallest absolute Gasteiger partial charge is 0.119 e. The second kappa shape index (κ2) is 10.1. The predicted molar refractivity (Wildman–Crippen MR) is 82.6 cm³/mol. The largest absolute Gasteiger partial charge is 0.494 e. The fourth-order valence-electron chi connectivity index (χ4n) is 1.32. The number of nitrogens with two attached hydrogens (primary N) is 1. The molecule has 17 heavy (non-hydrogen) atoms. The van der Waals surface area contributed by atoms with Gasteiger partial charge in [0, 0.05) is 16.3 Å². The number of rotatable bonds is 7. The van der Waals surface area contributed by atoms with Crippen molar-refractivity contribution in [1.29, 1.82) is 0 Å². The zero-order chi connectivity index (χ0) is 11.8. The van der Waals surface area contributed by atoms with Gasteiger partial charge < -0.3 is 10.5 Å². The summed E-state index contributed by atoms with van der Waals surface area (Å²) in [7, 11) is 0. The minimum absolute atomic E-state index is 0. The molecule has 0 heterocycles. The van der Waals surface area contributed by atoms with Gasteiger partial charge in [-0.05, 0) is 43.5 Å². The summed E-state index contributed by atoms with van der Waals surface area (Å²) in [5.41, 5.74) is 5.76. The predicted octanol–water partition coefficient (Wildman–Crippen LogP) is 3.68. The molecule has 98 valence electrons. The van der Waals surface area contributed by atoms with Crippen molar-refractivity contribution < 1.29 is 4.74 Å². The van der Waals surface area contributed by atoms with Crippen molar-refractivity contribution in [2.45, 2.75) is 25.3 Å². The highest BCUT2D eigenvalue weighted by Crippen LogP contribution is 2.16. The first-order chi connectivity index (χ1) is 7.72. The SMILES string of the molecule is Cl.N[C@@H](CS)CCCCOc1ccc(Br)cc1. The zero-order valence-corrected chi connectivity index (χ0v) is 12.9. The fourth-order valence-corrected chi connectivity index (χ4v) is 1.77. The van der Waals surface area contributed by atoms with Gasteiger partial charge in [-0.15, -0.1) is 12.4 Å². The Kier molecular flexibility index (Phi) is 10.1. The van der Waals surface area contributed by atoms with Gasteiger partial charge in [-0.1, -0.05) is 15.9 Å². The van der Waals surface area contributed by atoms with E-state index in [-0.39, 0.29) is 18.4 Å². The minimum atomic E-state index is 0. The van der Waals surface area contributed by atoms with Crippen LogP contribution in [0.5, 0.6) is 5.75 Å². The van der Waals surface area contributed by atoms with E-state index in [0.717, 1.165) is 41.8 Å². The summed E-state index contributed by atoms with van der Waals surface area (Å²) in [6.45, 7) is 0.751. The van der Waals surface area contributed by atoms with Crippen LogP contribution in [0.4, 0.5) is 0 Å². The average Bonchev–Trinajstić information content (AvgIpc) is 2.31. The van der Waals surface area contributed by atoms with Crippen molar-refractivity contribution in [3.05, 3.63) is 28.7 Å². The van der Waals surface area contributed by atoms with E-state index in [4.69, 9.17) is 10.5 Å². The van der Waals surface area contributed by atoms with Gasteiger partial charge in [0.25, 0.3) is 0 Å². The van der Waals surface area contributed by atoms with Crippen LogP contribution in [-0.4, -0.2) is 18.4 Å². The Labute approximate surface area is 123 Å². The maximum atomic E-state index is 5.76. The molecule has 0 aliphatic heterocycles. The Morgan fingerprint density at radius 2 is 1.88 bits per heavy atom. The molecule has 0 aliphatic rings. The minimum Gasteiger partial charge on any atom is -0.494 e. The number of hydrogen-bond donors (Lipinski definition) is 2. The molecule has 0 radical (unpaired) electrons. The van der Waals surface area contributed by atoms with Gasteiger partial charge in [0.15, 0.2) is 0 Å². The third-order valence-corrected chi connectivity index (χ3v) is 3.28. The van der Waals surface area contributed by atoms with Crippen LogP contribution < -0.4 is 10.5 Å². The van der Waals surface area contributed by atoms with Gasteiger partial charge in [0.1, 0.15) is 5.75 Å². The monoisotopic (exact) mass is 339 g/mol. The third-order valence-electron chi connectivity index (χ3n) is 2.29. The summed E-state index contributed by atoms with van der Waals surface area (Å²) in [6.07, 6.45) is 3.16. The van der Waals surface area contributed by atoms with Crippen molar-refractivity contribution >= 4 is 41.0 Å². The van der Waals surface area contributed by atoms with Gasteiger partial charge in [0.05, 0.1) is 6.61 Å². The van der Waals surface area contributed by atoms with Crippen LogP contribution in [0.2, 0.25) is 0 Å². The molecule has 2 nitrogen and oxygen atoms in total. The summed E-state index contributed by atoms with van der Waals surface area (Å²) in [4.78, 5) is 0. The lowest BCUT2D eigenvalue weighted by Crippen LogP contribution is -2.21. The molecule has 0 saturated heterocycles. The highest BCUT2D eigenvalue weighted by Gasteiger charge is 1.99. The topological polar surface area (TPSA) is 35.2 Å². The normalized spacial score (nSPS) is 11.7. The Morgan fingerprint density at radius 1 is 1.24 bits per heavy atom. The number of ether oxygens (including phenoxy) is 1. The van der Waals surface area contributed by atoms with Crippen LogP contribution in [-0.2, 0) is 0 Å². The van der Waals surface area contributed by atoms with Crippen LogP contribution in [0, 0.1) is 0 Å². The molecule has 0 fully saturated rings. The van der Waals surface area contributed by atoms with Crippen molar-refractivity contribution in [2.75, 3.05) is 12.4 Å². The standard InChI is InChI=1S/C12H18BrNOS.ClH/c13-10-4-6-12(7-5-10)15-8-2-1-3-11(14)9-16;/h4-7,11,16H,1-3,8-9,14H2;1H/t11-;/m1./s1. The zero-order valence-electron chi connectivity index (χ0n) is 9.64. The number of thiol groups is 1. The molecule has 1 atom stereocenters. The Bertz CT molecular complexity index is 297. The highest BCUT2D eigenvalue weighted by molar-refractivity contribution is 9.10. The molecular formula is C12H19BrClNOS. The van der Waals surface area contributed by atoms with Crippen LogP contribution in [0.25, 0.3) is 0 Å². The summed E-state index contributed by atoms with van der Waals surface area (Å²) in [5.74, 6) is 1.68. The molecular weight excluding hydrogens is 322 g/mol. The van der Waals surface area contributed by atoms with Crippen molar-refractivity contribution in [3.8, 4) is 5.75 Å². The van der Waals surface area contributed by atoms with Gasteiger partial charge in [-0.2, -0.15) is 12.6 Å². The third kappa shape index (κ3) is 7.92. The van der Waals surface area contributed by atoms with E-state index in [1.807, 2.05) is 24.3 Å². The first-order valence-corrected chi connectivity index (χ1v) is 6.89. The Hall–Kier alpha value is 0.1000. The number of hydrogen-bond acceptors (Lipinski definition) is 3. The van der Waals surface area contributed by atoms with Crippen molar-refractivity contribution in [1.82, 2.24) is 0 Å². The summed E-state index contributed by atoms with van der Waals surface area (Å²) in [6, 6.07) is 8.10. The van der Waals surface area contributed by atoms with Crippen LogP contribution >= 0.6 is 41.0 Å². The van der Waals surface area contributed by atoms with Gasteiger partial charge in [-0.25, -0.2) is 0 Å². The van der Waals surface area contributed by atoms with Crippen LogP contribution in [0.3, 0.4) is 0 Å². The lowest BCUT2D eigenvalue weighted by Gasteiger charge is -2.08. The van der Waals surface area contributed by atoms with E-state index in [1.54, 1.807) is 0 Å². The molecule has 0 spiro atoms. The molecule has 0 bridgehead atoms. The second-order valence-corrected chi connectivity index (χ2v) is 5.02. The number of unbranched alkanes of at least 4 members (excludes halogenated alkanes) is 1. The van der Waals surface area contributed by atoms with Crippen LogP contribution in [0.1, 0.15) is 19.3 Å². The number of halogens is 2. The summed E-state index contributed by atoms with van der Waals surface area (Å²) >= 11 is 7.53. The molecule has 0 saturated carbocycles. The molecule has 1 rings (SSSR count). The summed E-state index contributed by atoms with van der Waals surface area (Å²) in [5, 5.41) is 0. The maximum Gasteiger partial charge on any atom is 0.119 e. The second-order valence-electron chi connectivity index (χ2n) is 3.74. The lowest BCUT2D eigenvalue weighted by molar-refractivity contribution is 0.304. The molecule has 0 aliphatic carbocycles. The van der Waals surface area contributed by atoms with E-state index in [1.165, 1.54) is 0 Å². The quantitative estimate of drug-likeness (QED) is 0.586. The fraction of sp³-hybridized carbons (Fsp3) is 0.500. The van der Waals surface area contributed by atoms with E-state index in [0.29, 0.717) is 0 Å². The molecule has 0 amide bonds. The van der Waals surface area contributed by atoms with E-state index >= 15 is 0 Å². The van der Waals surface area contributed by atoms with Gasteiger partial charge >= 0.3 is 0 Å².